The predicted octanol–water partition coefficient (Wildman–Crippen LogP) is 3.19. The van der Waals surface area contributed by atoms with Crippen molar-refractivity contribution in [3.8, 4) is 23.0 Å². The van der Waals surface area contributed by atoms with Crippen LogP contribution in [0.3, 0.4) is 0 Å². The molecule has 29 heavy (non-hydrogen) atoms. The second kappa shape index (κ2) is 6.12. The van der Waals surface area contributed by atoms with Gasteiger partial charge in [-0.15, -0.1) is 0 Å². The van der Waals surface area contributed by atoms with Gasteiger partial charge in [0.25, 0.3) is 0 Å². The number of aromatic nitrogens is 1. The first-order valence-electron chi connectivity index (χ1n) is 9.86. The molecule has 0 radical (unpaired) electrons. The highest BCUT2D eigenvalue weighted by Gasteiger charge is 2.31. The SMILES string of the molecule is OCCOc1ccc2c(c1O)c1[n+](c3c4cc5c(cc4ccc23)OCO5)CCC1. The molecule has 2 aliphatic heterocycles. The van der Waals surface area contributed by atoms with Gasteiger partial charge in [0.15, 0.2) is 28.7 Å². The summed E-state index contributed by atoms with van der Waals surface area (Å²) >= 11 is 0. The fourth-order valence-electron chi connectivity index (χ4n) is 4.75. The molecule has 0 spiro atoms. The Morgan fingerprint density at radius 2 is 1.83 bits per heavy atom. The van der Waals surface area contributed by atoms with E-state index in [2.05, 4.69) is 22.8 Å². The summed E-state index contributed by atoms with van der Waals surface area (Å²) in [6, 6.07) is 12.1. The number of aromatic hydroxyl groups is 1. The van der Waals surface area contributed by atoms with Crippen molar-refractivity contribution in [1.29, 1.82) is 0 Å². The quantitative estimate of drug-likeness (QED) is 0.415. The Hall–Kier alpha value is -3.25. The van der Waals surface area contributed by atoms with E-state index in [0.29, 0.717) is 5.75 Å². The van der Waals surface area contributed by atoms with Crippen LogP contribution in [0.2, 0.25) is 0 Å². The summed E-state index contributed by atoms with van der Waals surface area (Å²) in [5, 5.41) is 25.2. The molecule has 0 saturated carbocycles. The van der Waals surface area contributed by atoms with Crippen LogP contribution in [0.4, 0.5) is 0 Å². The molecule has 0 saturated heterocycles. The second-order valence-electron chi connectivity index (χ2n) is 7.50. The molecule has 1 aromatic heterocycles. The molecule has 6 nitrogen and oxygen atoms in total. The molecule has 146 valence electrons. The molecule has 3 aromatic carbocycles. The van der Waals surface area contributed by atoms with Gasteiger partial charge in [0, 0.05) is 18.2 Å². The first-order chi connectivity index (χ1) is 14.3. The molecule has 0 atom stereocenters. The molecule has 0 bridgehead atoms. The van der Waals surface area contributed by atoms with E-state index in [9.17, 15) is 5.11 Å². The topological polar surface area (TPSA) is 72.0 Å². The van der Waals surface area contributed by atoms with Gasteiger partial charge in [0.05, 0.1) is 22.8 Å². The minimum Gasteiger partial charge on any atom is -0.504 e. The molecule has 0 fully saturated rings. The number of phenolic OH excluding ortho intramolecular Hbond substituents is 1. The van der Waals surface area contributed by atoms with E-state index in [1.54, 1.807) is 6.07 Å². The van der Waals surface area contributed by atoms with Crippen LogP contribution in [0.15, 0.2) is 36.4 Å². The van der Waals surface area contributed by atoms with Crippen LogP contribution < -0.4 is 18.8 Å². The molecule has 0 unspecified atom stereocenters. The Labute approximate surface area is 166 Å². The third kappa shape index (κ3) is 2.29. The van der Waals surface area contributed by atoms with E-state index in [4.69, 9.17) is 19.3 Å². The van der Waals surface area contributed by atoms with E-state index in [1.807, 2.05) is 12.1 Å². The van der Waals surface area contributed by atoms with Gasteiger partial charge in [-0.25, -0.2) is 0 Å². The number of phenols is 1. The van der Waals surface area contributed by atoms with Crippen molar-refractivity contribution in [2.75, 3.05) is 20.0 Å². The Kier molecular flexibility index (Phi) is 3.52. The summed E-state index contributed by atoms with van der Waals surface area (Å²) in [7, 11) is 0. The van der Waals surface area contributed by atoms with E-state index < -0.39 is 0 Å². The third-order valence-corrected chi connectivity index (χ3v) is 5.94. The number of nitrogens with zero attached hydrogens (tertiary/aromatic N) is 1. The summed E-state index contributed by atoms with van der Waals surface area (Å²) in [6.07, 6.45) is 1.92. The van der Waals surface area contributed by atoms with Crippen LogP contribution in [0.5, 0.6) is 23.0 Å². The average molecular weight is 390 g/mol. The van der Waals surface area contributed by atoms with Crippen LogP contribution in [0, 0.1) is 0 Å². The molecule has 3 heterocycles. The molecule has 6 rings (SSSR count). The molecule has 6 heteroatoms. The zero-order valence-electron chi connectivity index (χ0n) is 15.8. The van der Waals surface area contributed by atoms with Crippen LogP contribution in [0.25, 0.3) is 32.4 Å². The van der Waals surface area contributed by atoms with Gasteiger partial charge in [0.2, 0.25) is 12.3 Å². The zero-order valence-corrected chi connectivity index (χ0v) is 15.8. The standard InChI is InChI=1S/C23H19NO5/c25-8-9-27-18-6-5-14-15-4-3-13-10-19-20(29-12-28-19)11-16(13)22(15)24-7-1-2-17(24)21(14)23(18)26/h3-6,10-11,25H,1-2,7-9,12H2/p+1. The number of fused-ring (bicyclic) bond motifs is 9. The van der Waals surface area contributed by atoms with Crippen molar-refractivity contribution in [2.24, 2.45) is 0 Å². The number of pyridine rings is 1. The minimum absolute atomic E-state index is 0.0931. The number of aryl methyl sites for hydroxylation is 2. The van der Waals surface area contributed by atoms with E-state index in [-0.39, 0.29) is 25.8 Å². The van der Waals surface area contributed by atoms with E-state index in [0.717, 1.165) is 69.0 Å². The lowest BCUT2D eigenvalue weighted by molar-refractivity contribution is -0.662. The highest BCUT2D eigenvalue weighted by molar-refractivity contribution is 6.16. The van der Waals surface area contributed by atoms with Gasteiger partial charge < -0.3 is 24.4 Å². The van der Waals surface area contributed by atoms with Crippen molar-refractivity contribution >= 4 is 32.4 Å². The first-order valence-corrected chi connectivity index (χ1v) is 9.86. The molecule has 0 amide bonds. The Morgan fingerprint density at radius 1 is 1.00 bits per heavy atom. The number of hydrogen-bond acceptors (Lipinski definition) is 5. The maximum Gasteiger partial charge on any atom is 0.231 e. The van der Waals surface area contributed by atoms with Gasteiger partial charge in [-0.1, -0.05) is 6.07 Å². The Bertz CT molecular complexity index is 1310. The predicted molar refractivity (Wildman–Crippen MR) is 108 cm³/mol. The Morgan fingerprint density at radius 3 is 2.69 bits per heavy atom. The molecule has 4 aromatic rings. The van der Waals surface area contributed by atoms with Crippen molar-refractivity contribution in [3.05, 3.63) is 42.1 Å². The monoisotopic (exact) mass is 390 g/mol. The number of aliphatic hydroxyl groups excluding tert-OH is 1. The number of aliphatic hydroxyl groups is 1. The smallest absolute Gasteiger partial charge is 0.231 e. The van der Waals surface area contributed by atoms with E-state index >= 15 is 0 Å². The van der Waals surface area contributed by atoms with Gasteiger partial charge in [-0.05, 0) is 35.7 Å². The van der Waals surface area contributed by atoms with Crippen LogP contribution in [0.1, 0.15) is 12.1 Å². The maximum absolute atomic E-state index is 11.0. The highest BCUT2D eigenvalue weighted by atomic mass is 16.7. The molecular weight excluding hydrogens is 370 g/mol. The van der Waals surface area contributed by atoms with Crippen LogP contribution in [-0.2, 0) is 13.0 Å². The summed E-state index contributed by atoms with van der Waals surface area (Å²) in [4.78, 5) is 0. The lowest BCUT2D eigenvalue weighted by Crippen LogP contribution is -2.34. The van der Waals surface area contributed by atoms with Gasteiger partial charge >= 0.3 is 0 Å². The number of hydrogen-bond donors (Lipinski definition) is 2. The lowest BCUT2D eigenvalue weighted by Gasteiger charge is -2.13. The summed E-state index contributed by atoms with van der Waals surface area (Å²) < 4.78 is 19.0. The number of rotatable bonds is 3. The van der Waals surface area contributed by atoms with Crippen LogP contribution in [-0.4, -0.2) is 30.2 Å². The second-order valence-corrected chi connectivity index (χ2v) is 7.50. The largest absolute Gasteiger partial charge is 0.504 e. The molecule has 0 aliphatic carbocycles. The normalized spacial score (nSPS) is 14.8. The Balaban J connectivity index is 1.73. The average Bonchev–Trinajstić information content (AvgIpc) is 3.40. The molecule has 2 N–H and O–H groups in total. The van der Waals surface area contributed by atoms with Crippen molar-refractivity contribution < 1.29 is 29.0 Å². The zero-order chi connectivity index (χ0) is 19.5. The minimum atomic E-state index is -0.0931. The lowest BCUT2D eigenvalue weighted by atomic mass is 9.98. The van der Waals surface area contributed by atoms with Gasteiger partial charge in [-0.2, -0.15) is 4.57 Å². The summed E-state index contributed by atoms with van der Waals surface area (Å²) in [5.41, 5.74) is 2.27. The van der Waals surface area contributed by atoms with Gasteiger partial charge in [0.1, 0.15) is 13.2 Å². The van der Waals surface area contributed by atoms with Crippen molar-refractivity contribution in [2.45, 2.75) is 19.4 Å². The third-order valence-electron chi connectivity index (χ3n) is 5.94. The van der Waals surface area contributed by atoms with Crippen molar-refractivity contribution in [3.63, 3.8) is 0 Å². The number of ether oxygens (including phenoxy) is 3. The fourth-order valence-corrected chi connectivity index (χ4v) is 4.75. The number of benzene rings is 3. The van der Waals surface area contributed by atoms with Gasteiger partial charge in [-0.3, -0.25) is 0 Å². The molecule has 2 aliphatic rings. The molecular formula is C23H20NO5+. The van der Waals surface area contributed by atoms with Crippen LogP contribution >= 0.6 is 0 Å². The maximum atomic E-state index is 11.0. The van der Waals surface area contributed by atoms with E-state index in [1.165, 1.54) is 0 Å². The highest BCUT2D eigenvalue weighted by Crippen LogP contribution is 2.43. The fraction of sp³-hybridized carbons (Fsp3) is 0.261. The summed E-state index contributed by atoms with van der Waals surface area (Å²) in [6.45, 7) is 1.21. The first kappa shape index (κ1) is 16.7. The van der Waals surface area contributed by atoms with Crippen molar-refractivity contribution in [1.82, 2.24) is 0 Å². The summed E-state index contributed by atoms with van der Waals surface area (Å²) in [5.74, 6) is 2.11.